The maximum atomic E-state index is 5.29. The van der Waals surface area contributed by atoms with E-state index >= 15 is 0 Å². The lowest BCUT2D eigenvalue weighted by Crippen LogP contribution is -2.16. The molecule has 0 nitrogen and oxygen atoms in total. The second-order valence-electron chi connectivity index (χ2n) is 2.74. The molecular weight excluding hydrogens is 148 g/mol. The number of terminal acetylenes is 1. The Morgan fingerprint density at radius 1 is 1.36 bits per heavy atom. The predicted octanol–water partition coefficient (Wildman–Crippen LogP) is 0.688. The third-order valence-electron chi connectivity index (χ3n) is 2.01. The van der Waals surface area contributed by atoms with Crippen LogP contribution in [0.3, 0.4) is 0 Å². The Balaban J connectivity index is 3.08. The number of hydrogen-bond acceptors (Lipinski definition) is 0. The summed E-state index contributed by atoms with van der Waals surface area (Å²) in [5.74, 6) is 0. The summed E-state index contributed by atoms with van der Waals surface area (Å²) in [5, 5.41) is 1.41. The first-order valence-corrected chi connectivity index (χ1v) is 5.15. The zero-order valence-electron chi connectivity index (χ0n) is 7.02. The quantitative estimate of drug-likeness (QED) is 0.419. The van der Waals surface area contributed by atoms with Gasteiger partial charge in [0, 0.05) is 0 Å². The van der Waals surface area contributed by atoms with Crippen LogP contribution in [0, 0.1) is 25.8 Å². The molecule has 0 saturated heterocycles. The molecule has 1 aromatic carbocycles. The fourth-order valence-corrected chi connectivity index (χ4v) is 2.13. The molecule has 1 aromatic rings. The van der Waals surface area contributed by atoms with E-state index in [1.165, 1.54) is 16.3 Å². The molecule has 0 aliphatic carbocycles. The van der Waals surface area contributed by atoms with Crippen molar-refractivity contribution in [3.63, 3.8) is 0 Å². The van der Waals surface area contributed by atoms with E-state index in [9.17, 15) is 0 Å². The molecule has 1 rings (SSSR count). The van der Waals surface area contributed by atoms with Crippen LogP contribution in [0.15, 0.2) is 18.2 Å². The Hall–Kier alpha value is -1.00. The molecule has 0 bridgehead atoms. The van der Waals surface area contributed by atoms with Gasteiger partial charge in [-0.15, -0.1) is 12.0 Å². The number of rotatable bonds is 1. The van der Waals surface area contributed by atoms with E-state index in [0.29, 0.717) is 0 Å². The number of hydrogen-bond donors (Lipinski definition) is 0. The smallest absolute Gasteiger partial charge is 0.137 e. The highest BCUT2D eigenvalue weighted by molar-refractivity contribution is 6.62. The second-order valence-corrected chi connectivity index (χ2v) is 4.26. The minimum absolute atomic E-state index is 0.424. The molecule has 0 amide bonds. The van der Waals surface area contributed by atoms with Gasteiger partial charge in [0.2, 0.25) is 0 Å². The molecule has 0 fully saturated rings. The van der Waals surface area contributed by atoms with E-state index in [1.807, 2.05) is 0 Å². The summed E-state index contributed by atoms with van der Waals surface area (Å²) < 4.78 is 0. The Kier molecular flexibility index (Phi) is 2.51. The zero-order valence-corrected chi connectivity index (χ0v) is 8.43. The molecule has 0 atom stereocenters. The van der Waals surface area contributed by atoms with Crippen molar-refractivity contribution in [1.29, 1.82) is 0 Å². The largest absolute Gasteiger partial charge is 0.137 e. The second kappa shape index (κ2) is 3.41. The van der Waals surface area contributed by atoms with E-state index in [4.69, 9.17) is 6.42 Å². The molecule has 11 heavy (non-hydrogen) atoms. The minimum atomic E-state index is -0.424. The third kappa shape index (κ3) is 1.72. The van der Waals surface area contributed by atoms with Gasteiger partial charge in [0.05, 0.1) is 0 Å². The minimum Gasteiger partial charge on any atom is -0.137 e. The van der Waals surface area contributed by atoms with Crippen molar-refractivity contribution in [1.82, 2.24) is 0 Å². The molecule has 0 spiro atoms. The molecule has 56 valence electrons. The van der Waals surface area contributed by atoms with Gasteiger partial charge in [-0.1, -0.05) is 18.2 Å². The molecule has 0 aromatic heterocycles. The Labute approximate surface area is 70.5 Å². The molecule has 0 aliphatic heterocycles. The predicted molar refractivity (Wildman–Crippen MR) is 52.9 cm³/mol. The van der Waals surface area contributed by atoms with Crippen molar-refractivity contribution in [2.45, 2.75) is 13.8 Å². The molecule has 1 heteroatoms. The van der Waals surface area contributed by atoms with Crippen LogP contribution in [0.1, 0.15) is 11.1 Å². The van der Waals surface area contributed by atoms with Gasteiger partial charge in [-0.05, 0) is 30.2 Å². The van der Waals surface area contributed by atoms with E-state index in [2.05, 4.69) is 37.6 Å². The van der Waals surface area contributed by atoms with Crippen LogP contribution in [0.25, 0.3) is 0 Å². The summed E-state index contributed by atoms with van der Waals surface area (Å²) in [4.78, 5) is 0. The first kappa shape index (κ1) is 8.10. The summed E-state index contributed by atoms with van der Waals surface area (Å²) in [6.07, 6.45) is 5.29. The maximum Gasteiger partial charge on any atom is 0.137 e. The van der Waals surface area contributed by atoms with Crippen LogP contribution < -0.4 is 5.19 Å². The van der Waals surface area contributed by atoms with Crippen molar-refractivity contribution < 1.29 is 0 Å². The van der Waals surface area contributed by atoms with Crippen molar-refractivity contribution in [3.8, 4) is 12.0 Å². The van der Waals surface area contributed by atoms with Crippen molar-refractivity contribution in [2.75, 3.05) is 0 Å². The lowest BCUT2D eigenvalue weighted by Gasteiger charge is -2.03. The van der Waals surface area contributed by atoms with Crippen LogP contribution in [-0.2, 0) is 0 Å². The SMILES string of the molecule is C#C[SiH2]c1cccc(C)c1C. The van der Waals surface area contributed by atoms with Gasteiger partial charge < -0.3 is 0 Å². The van der Waals surface area contributed by atoms with Crippen LogP contribution in [0.2, 0.25) is 0 Å². The van der Waals surface area contributed by atoms with Gasteiger partial charge in [0.1, 0.15) is 9.52 Å². The molecule has 0 heterocycles. The summed E-state index contributed by atoms with van der Waals surface area (Å²) in [6.45, 7) is 4.28. The molecular formula is C10H12Si. The Bertz CT molecular complexity index is 294. The highest BCUT2D eigenvalue weighted by Crippen LogP contribution is 2.01. The van der Waals surface area contributed by atoms with Gasteiger partial charge in [0.15, 0.2) is 0 Å². The van der Waals surface area contributed by atoms with Crippen LogP contribution in [-0.4, -0.2) is 9.52 Å². The van der Waals surface area contributed by atoms with Crippen molar-refractivity contribution >= 4 is 14.7 Å². The lowest BCUT2D eigenvalue weighted by molar-refractivity contribution is 1.37. The average Bonchev–Trinajstić information content (AvgIpc) is 1.99. The van der Waals surface area contributed by atoms with Gasteiger partial charge in [0.25, 0.3) is 0 Å². The molecule has 0 unspecified atom stereocenters. The van der Waals surface area contributed by atoms with Crippen LogP contribution in [0.4, 0.5) is 0 Å². The first-order chi connectivity index (χ1) is 5.25. The van der Waals surface area contributed by atoms with Crippen molar-refractivity contribution in [3.05, 3.63) is 29.3 Å². The molecule has 0 saturated carbocycles. The van der Waals surface area contributed by atoms with E-state index in [1.54, 1.807) is 0 Å². The standard InChI is InChI=1S/C10H12Si/c1-4-11-10-7-5-6-8(2)9(10)3/h1,5-7H,11H2,2-3H3. The molecule has 0 aliphatic rings. The molecule has 0 N–H and O–H groups in total. The maximum absolute atomic E-state index is 5.29. The normalized spacial score (nSPS) is 10.3. The summed E-state index contributed by atoms with van der Waals surface area (Å²) in [5.41, 5.74) is 5.53. The Morgan fingerprint density at radius 3 is 2.73 bits per heavy atom. The third-order valence-corrected chi connectivity index (χ3v) is 3.36. The summed E-state index contributed by atoms with van der Waals surface area (Å²) in [7, 11) is -0.424. The van der Waals surface area contributed by atoms with Gasteiger partial charge in [-0.25, -0.2) is 0 Å². The van der Waals surface area contributed by atoms with Gasteiger partial charge in [-0.2, -0.15) is 0 Å². The first-order valence-electron chi connectivity index (χ1n) is 3.74. The summed E-state index contributed by atoms with van der Waals surface area (Å²) >= 11 is 0. The molecule has 0 radical (unpaired) electrons. The van der Waals surface area contributed by atoms with Gasteiger partial charge in [-0.3, -0.25) is 0 Å². The fourth-order valence-electron chi connectivity index (χ4n) is 1.11. The van der Waals surface area contributed by atoms with Gasteiger partial charge >= 0.3 is 0 Å². The zero-order chi connectivity index (χ0) is 8.27. The van der Waals surface area contributed by atoms with E-state index in [0.717, 1.165) is 0 Å². The van der Waals surface area contributed by atoms with E-state index in [-0.39, 0.29) is 0 Å². The van der Waals surface area contributed by atoms with E-state index < -0.39 is 9.52 Å². The highest BCUT2D eigenvalue weighted by atomic mass is 28.2. The topological polar surface area (TPSA) is 0 Å². The van der Waals surface area contributed by atoms with Crippen molar-refractivity contribution in [2.24, 2.45) is 0 Å². The monoisotopic (exact) mass is 160 g/mol. The number of aryl methyl sites for hydroxylation is 1. The Morgan fingerprint density at radius 2 is 2.09 bits per heavy atom. The fraction of sp³-hybridized carbons (Fsp3) is 0.200. The summed E-state index contributed by atoms with van der Waals surface area (Å²) in [6, 6.07) is 6.36. The van der Waals surface area contributed by atoms with Crippen LogP contribution in [0.5, 0.6) is 0 Å². The lowest BCUT2D eigenvalue weighted by atomic mass is 10.1. The van der Waals surface area contributed by atoms with Crippen LogP contribution >= 0.6 is 0 Å². The number of benzene rings is 1. The average molecular weight is 160 g/mol. The highest BCUT2D eigenvalue weighted by Gasteiger charge is 1.97.